The molecule has 0 fully saturated rings. The second-order valence-corrected chi connectivity index (χ2v) is 6.68. The van der Waals surface area contributed by atoms with Gasteiger partial charge in [0.05, 0.1) is 4.34 Å². The summed E-state index contributed by atoms with van der Waals surface area (Å²) in [5.74, 6) is 0. The van der Waals surface area contributed by atoms with Gasteiger partial charge >= 0.3 is 0 Å². The van der Waals surface area contributed by atoms with Crippen LogP contribution < -0.4 is 5.32 Å². The molecule has 0 saturated carbocycles. The normalized spacial score (nSPS) is 10.5. The van der Waals surface area contributed by atoms with Gasteiger partial charge in [-0.2, -0.15) is 0 Å². The Bertz CT molecular complexity index is 706. The molecule has 21 heavy (non-hydrogen) atoms. The van der Waals surface area contributed by atoms with E-state index in [2.05, 4.69) is 59.9 Å². The zero-order valence-corrected chi connectivity index (χ0v) is 13.1. The predicted molar refractivity (Wildman–Crippen MR) is 92.3 cm³/mol. The summed E-state index contributed by atoms with van der Waals surface area (Å²) in [4.78, 5) is 1.24. The van der Waals surface area contributed by atoms with Crippen molar-refractivity contribution in [1.82, 2.24) is 0 Å². The number of nitrogens with one attached hydrogen (secondary N) is 1. The van der Waals surface area contributed by atoms with Crippen molar-refractivity contribution >= 4 is 28.6 Å². The van der Waals surface area contributed by atoms with E-state index < -0.39 is 0 Å². The van der Waals surface area contributed by atoms with E-state index in [1.807, 2.05) is 12.1 Å². The molecule has 1 nitrogen and oxygen atoms in total. The quantitative estimate of drug-likeness (QED) is 0.646. The topological polar surface area (TPSA) is 12.0 Å². The number of hydrogen-bond acceptors (Lipinski definition) is 2. The standard InChI is InChI=1S/C18H16ClNS/c19-18-11-10-16(21-18)13-20-17-9-5-4-8-15(17)12-14-6-2-1-3-7-14/h1-11,20H,12-13H2. The molecule has 2 aromatic carbocycles. The van der Waals surface area contributed by atoms with Crippen LogP contribution in [0.25, 0.3) is 0 Å². The van der Waals surface area contributed by atoms with Gasteiger partial charge in [-0.1, -0.05) is 60.1 Å². The summed E-state index contributed by atoms with van der Waals surface area (Å²) in [5, 5.41) is 3.51. The number of benzene rings is 2. The maximum Gasteiger partial charge on any atom is 0.0931 e. The fourth-order valence-electron chi connectivity index (χ4n) is 2.29. The van der Waals surface area contributed by atoms with E-state index in [1.165, 1.54) is 21.7 Å². The second-order valence-electron chi connectivity index (χ2n) is 4.88. The highest BCUT2D eigenvalue weighted by Crippen LogP contribution is 2.24. The molecule has 1 aromatic heterocycles. The van der Waals surface area contributed by atoms with Crippen molar-refractivity contribution in [3.63, 3.8) is 0 Å². The van der Waals surface area contributed by atoms with Gasteiger partial charge in [-0.15, -0.1) is 11.3 Å². The van der Waals surface area contributed by atoms with Gasteiger partial charge in [-0.05, 0) is 35.7 Å². The first-order chi connectivity index (χ1) is 10.3. The molecule has 0 amide bonds. The van der Waals surface area contributed by atoms with E-state index >= 15 is 0 Å². The van der Waals surface area contributed by atoms with Crippen LogP contribution in [0.1, 0.15) is 16.0 Å². The van der Waals surface area contributed by atoms with Crippen LogP contribution in [0.5, 0.6) is 0 Å². The highest BCUT2D eigenvalue weighted by atomic mass is 35.5. The number of halogens is 1. The van der Waals surface area contributed by atoms with Crippen LogP contribution in [0.2, 0.25) is 4.34 Å². The van der Waals surface area contributed by atoms with Crippen molar-refractivity contribution in [3.05, 3.63) is 87.1 Å². The van der Waals surface area contributed by atoms with Crippen LogP contribution >= 0.6 is 22.9 Å². The van der Waals surface area contributed by atoms with Crippen LogP contribution in [0.4, 0.5) is 5.69 Å². The van der Waals surface area contributed by atoms with Gasteiger partial charge in [0.25, 0.3) is 0 Å². The summed E-state index contributed by atoms with van der Waals surface area (Å²) in [7, 11) is 0. The molecule has 0 aliphatic carbocycles. The second kappa shape index (κ2) is 6.79. The van der Waals surface area contributed by atoms with Gasteiger partial charge in [0.1, 0.15) is 0 Å². The zero-order chi connectivity index (χ0) is 14.5. The molecule has 3 heteroatoms. The van der Waals surface area contributed by atoms with Crippen molar-refractivity contribution < 1.29 is 0 Å². The predicted octanol–water partition coefficient (Wildman–Crippen LogP) is 5.60. The Balaban J connectivity index is 1.73. The maximum atomic E-state index is 5.97. The van der Waals surface area contributed by atoms with Crippen molar-refractivity contribution in [3.8, 4) is 0 Å². The van der Waals surface area contributed by atoms with Gasteiger partial charge in [-0.25, -0.2) is 0 Å². The summed E-state index contributed by atoms with van der Waals surface area (Å²) in [6, 6.07) is 23.0. The van der Waals surface area contributed by atoms with Crippen molar-refractivity contribution in [1.29, 1.82) is 0 Å². The largest absolute Gasteiger partial charge is 0.380 e. The van der Waals surface area contributed by atoms with E-state index in [-0.39, 0.29) is 0 Å². The first-order valence-electron chi connectivity index (χ1n) is 6.91. The van der Waals surface area contributed by atoms with Crippen LogP contribution in [0.3, 0.4) is 0 Å². The Kier molecular flexibility index (Phi) is 4.59. The zero-order valence-electron chi connectivity index (χ0n) is 11.6. The smallest absolute Gasteiger partial charge is 0.0931 e. The minimum atomic E-state index is 0.809. The van der Waals surface area contributed by atoms with Gasteiger partial charge in [0.15, 0.2) is 0 Å². The highest BCUT2D eigenvalue weighted by molar-refractivity contribution is 7.16. The van der Waals surface area contributed by atoms with Crippen LogP contribution in [0.15, 0.2) is 66.7 Å². The average molecular weight is 314 g/mol. The Morgan fingerprint density at radius 1 is 0.857 bits per heavy atom. The van der Waals surface area contributed by atoms with E-state index in [9.17, 15) is 0 Å². The lowest BCUT2D eigenvalue weighted by Crippen LogP contribution is -2.01. The number of rotatable bonds is 5. The SMILES string of the molecule is Clc1ccc(CNc2ccccc2Cc2ccccc2)s1. The van der Waals surface area contributed by atoms with Gasteiger partial charge in [0.2, 0.25) is 0 Å². The molecule has 106 valence electrons. The Morgan fingerprint density at radius 3 is 2.38 bits per heavy atom. The average Bonchev–Trinajstić information content (AvgIpc) is 2.93. The fraction of sp³-hybridized carbons (Fsp3) is 0.111. The lowest BCUT2D eigenvalue weighted by atomic mass is 10.0. The van der Waals surface area contributed by atoms with E-state index in [4.69, 9.17) is 11.6 Å². The number of thiophene rings is 1. The van der Waals surface area contributed by atoms with Crippen LogP contribution in [-0.4, -0.2) is 0 Å². The molecule has 3 aromatic rings. The van der Waals surface area contributed by atoms with E-state index in [0.717, 1.165) is 17.3 Å². The lowest BCUT2D eigenvalue weighted by Gasteiger charge is -2.11. The fourth-order valence-corrected chi connectivity index (χ4v) is 3.32. The third-order valence-electron chi connectivity index (χ3n) is 3.34. The lowest BCUT2D eigenvalue weighted by molar-refractivity contribution is 1.14. The Morgan fingerprint density at radius 2 is 1.62 bits per heavy atom. The molecular weight excluding hydrogens is 298 g/mol. The Hall–Kier alpha value is -1.77. The summed E-state index contributed by atoms with van der Waals surface area (Å²) in [6.45, 7) is 0.809. The molecule has 0 aliphatic rings. The van der Waals surface area contributed by atoms with Crippen LogP contribution in [0, 0.1) is 0 Å². The summed E-state index contributed by atoms with van der Waals surface area (Å²) in [6.07, 6.45) is 0.940. The van der Waals surface area contributed by atoms with E-state index in [1.54, 1.807) is 11.3 Å². The molecule has 0 saturated heterocycles. The third-order valence-corrected chi connectivity index (χ3v) is 4.57. The van der Waals surface area contributed by atoms with Crippen molar-refractivity contribution in [2.45, 2.75) is 13.0 Å². The molecule has 0 spiro atoms. The molecule has 0 atom stereocenters. The van der Waals surface area contributed by atoms with Gasteiger partial charge in [-0.3, -0.25) is 0 Å². The minimum absolute atomic E-state index is 0.809. The summed E-state index contributed by atoms with van der Waals surface area (Å²) >= 11 is 7.59. The maximum absolute atomic E-state index is 5.97. The summed E-state index contributed by atoms with van der Waals surface area (Å²) in [5.41, 5.74) is 3.82. The van der Waals surface area contributed by atoms with Crippen molar-refractivity contribution in [2.24, 2.45) is 0 Å². The monoisotopic (exact) mass is 313 g/mol. The number of hydrogen-bond donors (Lipinski definition) is 1. The summed E-state index contributed by atoms with van der Waals surface area (Å²) < 4.78 is 0.837. The van der Waals surface area contributed by atoms with Gasteiger partial charge < -0.3 is 5.32 Å². The highest BCUT2D eigenvalue weighted by Gasteiger charge is 2.04. The molecule has 3 rings (SSSR count). The van der Waals surface area contributed by atoms with Crippen molar-refractivity contribution in [2.75, 3.05) is 5.32 Å². The number of anilines is 1. The van der Waals surface area contributed by atoms with Gasteiger partial charge in [0, 0.05) is 17.1 Å². The first kappa shape index (κ1) is 14.2. The molecule has 0 unspecified atom stereocenters. The Labute approximate surface area is 134 Å². The molecule has 1 heterocycles. The molecule has 0 bridgehead atoms. The molecule has 1 N–H and O–H groups in total. The third kappa shape index (κ3) is 3.87. The minimum Gasteiger partial charge on any atom is -0.380 e. The molecular formula is C18H16ClNS. The number of para-hydroxylation sites is 1. The first-order valence-corrected chi connectivity index (χ1v) is 8.10. The van der Waals surface area contributed by atoms with E-state index in [0.29, 0.717) is 0 Å². The molecule has 0 aliphatic heterocycles. The van der Waals surface area contributed by atoms with Crippen LogP contribution in [-0.2, 0) is 13.0 Å². The molecule has 0 radical (unpaired) electrons.